The summed E-state index contributed by atoms with van der Waals surface area (Å²) in [5.41, 5.74) is 0. The molecule has 0 spiro atoms. The molecule has 0 saturated heterocycles. The van der Waals surface area contributed by atoms with Crippen LogP contribution in [0.25, 0.3) is 0 Å². The summed E-state index contributed by atoms with van der Waals surface area (Å²) in [6, 6.07) is 4.38. The topological polar surface area (TPSA) is 27.7 Å². The molecule has 0 amide bonds. The van der Waals surface area contributed by atoms with E-state index < -0.39 is 8.80 Å². The molecule has 144 valence electrons. The monoisotopic (exact) mass is 702 g/mol. The Morgan fingerprint density at radius 3 is 1.40 bits per heavy atom. The Morgan fingerprint density at radius 2 is 1.08 bits per heavy atom. The average Bonchev–Trinajstić information content (AvgIpc) is 2.54. The molecule has 0 heterocycles. The predicted octanol–water partition coefficient (Wildman–Crippen LogP) is 6.10. The van der Waals surface area contributed by atoms with Crippen LogP contribution in [-0.2, 0) is 13.3 Å². The Bertz CT molecular complexity index is 465. The molecule has 0 aromatic heterocycles. The van der Waals surface area contributed by atoms with Gasteiger partial charge in [0.2, 0.25) is 0 Å². The molecule has 3 nitrogen and oxygen atoms in total. The molecule has 0 atom stereocenters. The normalized spacial score (nSPS) is 11.9. The smallest absolute Gasteiger partial charge is 0.370 e. The van der Waals surface area contributed by atoms with Gasteiger partial charge in [-0.15, -0.1) is 0 Å². The number of hydrogen-bond donors (Lipinski definition) is 0. The molecule has 0 N–H and O–H groups in total. The van der Waals surface area contributed by atoms with E-state index in [9.17, 15) is 0 Å². The lowest BCUT2D eigenvalue weighted by Crippen LogP contribution is -2.59. The second-order valence-electron chi connectivity index (χ2n) is 5.91. The van der Waals surface area contributed by atoms with Crippen LogP contribution in [0.5, 0.6) is 0 Å². The molecule has 0 radical (unpaired) electrons. The van der Waals surface area contributed by atoms with Gasteiger partial charge in [0.15, 0.2) is 0 Å². The highest BCUT2D eigenvalue weighted by molar-refractivity contribution is 14.1. The number of halogens is 3. The molecule has 25 heavy (non-hydrogen) atoms. The molecule has 1 rings (SSSR count). The van der Waals surface area contributed by atoms with Gasteiger partial charge in [0.25, 0.3) is 0 Å². The first-order chi connectivity index (χ1) is 12.0. The van der Waals surface area contributed by atoms with E-state index in [4.69, 9.17) is 13.3 Å². The molecule has 0 fully saturated rings. The van der Waals surface area contributed by atoms with Crippen molar-refractivity contribution < 1.29 is 13.3 Å². The average molecular weight is 702 g/mol. The zero-order chi connectivity index (χ0) is 18.7. The molecule has 0 bridgehead atoms. The zero-order valence-corrected chi connectivity index (χ0v) is 22.8. The van der Waals surface area contributed by atoms with Crippen LogP contribution in [-0.4, -0.2) is 28.6 Å². The Morgan fingerprint density at radius 1 is 0.720 bits per heavy atom. The molecule has 1 aromatic rings. The lowest BCUT2D eigenvalue weighted by Gasteiger charge is -2.31. The van der Waals surface area contributed by atoms with Crippen LogP contribution in [0.1, 0.15) is 59.3 Å². The van der Waals surface area contributed by atoms with Gasteiger partial charge in [-0.05, 0) is 99.2 Å². The third-order valence-corrected chi connectivity index (χ3v) is 9.93. The second-order valence-corrected chi connectivity index (χ2v) is 12.0. The lowest BCUT2D eigenvalue weighted by molar-refractivity contribution is 0.0697. The van der Waals surface area contributed by atoms with Crippen molar-refractivity contribution in [2.45, 2.75) is 59.3 Å². The predicted molar refractivity (Wildman–Crippen MR) is 133 cm³/mol. The van der Waals surface area contributed by atoms with Crippen LogP contribution < -0.4 is 5.19 Å². The maximum Gasteiger partial charge on any atom is 0.539 e. The molecule has 7 heteroatoms. The van der Waals surface area contributed by atoms with Crippen LogP contribution >= 0.6 is 67.8 Å². The molecular weight excluding hydrogens is 673 g/mol. The van der Waals surface area contributed by atoms with Gasteiger partial charge in [-0.3, -0.25) is 0 Å². The van der Waals surface area contributed by atoms with E-state index in [1.807, 2.05) is 0 Å². The zero-order valence-electron chi connectivity index (χ0n) is 15.4. The highest BCUT2D eigenvalue weighted by atomic mass is 127. The Kier molecular flexibility index (Phi) is 13.4. The Hall–Kier alpha value is 1.51. The summed E-state index contributed by atoms with van der Waals surface area (Å²) in [5.74, 6) is 0. The summed E-state index contributed by atoms with van der Waals surface area (Å²) in [6.45, 7) is 8.62. The van der Waals surface area contributed by atoms with Crippen molar-refractivity contribution in [2.75, 3.05) is 19.8 Å². The van der Waals surface area contributed by atoms with Gasteiger partial charge in [-0.1, -0.05) is 40.0 Å². The fourth-order valence-electron chi connectivity index (χ4n) is 2.23. The maximum absolute atomic E-state index is 6.43. The van der Waals surface area contributed by atoms with Crippen molar-refractivity contribution in [3.8, 4) is 0 Å². The van der Waals surface area contributed by atoms with Crippen molar-refractivity contribution in [3.63, 3.8) is 0 Å². The van der Waals surface area contributed by atoms with E-state index in [2.05, 4.69) is 101 Å². The highest BCUT2D eigenvalue weighted by Gasteiger charge is 2.47. The second kappa shape index (κ2) is 13.6. The van der Waals surface area contributed by atoms with Crippen molar-refractivity contribution in [1.29, 1.82) is 0 Å². The highest BCUT2D eigenvalue weighted by Crippen LogP contribution is 2.23. The van der Waals surface area contributed by atoms with Crippen LogP contribution in [0.15, 0.2) is 12.1 Å². The summed E-state index contributed by atoms with van der Waals surface area (Å²) in [6.07, 6.45) is 6.40. The van der Waals surface area contributed by atoms with Gasteiger partial charge in [0.05, 0.1) is 0 Å². The summed E-state index contributed by atoms with van der Waals surface area (Å²) in [5, 5.41) is 1.15. The Balaban J connectivity index is 3.23. The van der Waals surface area contributed by atoms with Gasteiger partial charge >= 0.3 is 8.80 Å². The summed E-state index contributed by atoms with van der Waals surface area (Å²) in [4.78, 5) is 0. The number of unbranched alkanes of at least 4 members (excludes halogenated alkanes) is 3. The number of benzene rings is 1. The van der Waals surface area contributed by atoms with Crippen LogP contribution in [0.2, 0.25) is 0 Å². The quantitative estimate of drug-likeness (QED) is 0.142. The van der Waals surface area contributed by atoms with E-state index in [0.717, 1.165) is 43.7 Å². The van der Waals surface area contributed by atoms with E-state index in [1.165, 1.54) is 10.7 Å². The van der Waals surface area contributed by atoms with Crippen LogP contribution in [0.3, 0.4) is 0 Å². The minimum atomic E-state index is -2.91. The van der Waals surface area contributed by atoms with Crippen molar-refractivity contribution in [1.82, 2.24) is 0 Å². The molecular formula is C18H29I3O3Si. The van der Waals surface area contributed by atoms with Gasteiger partial charge in [-0.2, -0.15) is 0 Å². The van der Waals surface area contributed by atoms with Crippen molar-refractivity contribution >= 4 is 81.8 Å². The molecule has 0 aliphatic heterocycles. The van der Waals surface area contributed by atoms with E-state index >= 15 is 0 Å². The molecule has 0 saturated carbocycles. The van der Waals surface area contributed by atoms with Gasteiger partial charge in [0, 0.05) is 35.7 Å². The summed E-state index contributed by atoms with van der Waals surface area (Å²) in [7, 11) is -2.91. The van der Waals surface area contributed by atoms with Gasteiger partial charge in [0.1, 0.15) is 0 Å². The summed E-state index contributed by atoms with van der Waals surface area (Å²) < 4.78 is 22.9. The molecule has 1 aromatic carbocycles. The first-order valence-electron chi connectivity index (χ1n) is 9.07. The largest absolute Gasteiger partial charge is 0.539 e. The number of hydrogen-bond acceptors (Lipinski definition) is 3. The lowest BCUT2D eigenvalue weighted by atomic mass is 10.4. The fourth-order valence-corrected chi connectivity index (χ4v) is 10.4. The van der Waals surface area contributed by atoms with Crippen molar-refractivity contribution in [3.05, 3.63) is 22.8 Å². The molecule has 0 aliphatic carbocycles. The van der Waals surface area contributed by atoms with Crippen LogP contribution in [0, 0.1) is 10.7 Å². The Labute approximate surface area is 195 Å². The van der Waals surface area contributed by atoms with Crippen molar-refractivity contribution in [2.24, 2.45) is 0 Å². The SMILES string of the molecule is CCCCO[Si](OCCCC)(OCCCC)c1c(I)cc(I)cc1I. The van der Waals surface area contributed by atoms with E-state index in [0.29, 0.717) is 19.8 Å². The third kappa shape index (κ3) is 8.18. The maximum atomic E-state index is 6.43. The van der Waals surface area contributed by atoms with E-state index in [1.54, 1.807) is 0 Å². The van der Waals surface area contributed by atoms with Gasteiger partial charge < -0.3 is 13.3 Å². The fraction of sp³-hybridized carbons (Fsp3) is 0.667. The summed E-state index contributed by atoms with van der Waals surface area (Å²) >= 11 is 7.17. The standard InChI is InChI=1S/C18H29I3O3Si/c1-4-7-10-22-25(23-11-8-5-2,24-12-9-6-3)18-16(20)13-15(19)14-17(18)21/h13-14H,4-12H2,1-3H3. The first-order valence-corrected chi connectivity index (χ1v) is 14.0. The van der Waals surface area contributed by atoms with Crippen LogP contribution in [0.4, 0.5) is 0 Å². The first kappa shape index (κ1) is 24.5. The molecule has 0 unspecified atom stereocenters. The minimum absolute atomic E-state index is 0.694. The third-order valence-electron chi connectivity index (χ3n) is 3.68. The molecule has 0 aliphatic rings. The number of rotatable bonds is 13. The van der Waals surface area contributed by atoms with Gasteiger partial charge in [-0.25, -0.2) is 0 Å². The van der Waals surface area contributed by atoms with E-state index in [-0.39, 0.29) is 0 Å². The minimum Gasteiger partial charge on any atom is -0.370 e.